The maximum absolute atomic E-state index is 12.5. The highest BCUT2D eigenvalue weighted by Gasteiger charge is 2.38. The van der Waals surface area contributed by atoms with E-state index in [0.717, 1.165) is 10.9 Å². The third-order valence-electron chi connectivity index (χ3n) is 3.73. The second-order valence-electron chi connectivity index (χ2n) is 5.21. The molecule has 1 amide bonds. The first kappa shape index (κ1) is 15.3. The first-order valence-electron chi connectivity index (χ1n) is 6.80. The van der Waals surface area contributed by atoms with E-state index in [0.29, 0.717) is 24.5 Å². The Labute approximate surface area is 127 Å². The molecule has 2 N–H and O–H groups in total. The highest BCUT2D eigenvalue weighted by atomic mass is 79.9. The molecule has 0 radical (unpaired) electrons. The molecule has 2 heterocycles. The first-order chi connectivity index (χ1) is 9.46. The number of hydrogen-bond acceptors (Lipinski definition) is 4. The molecule has 20 heavy (non-hydrogen) atoms. The summed E-state index contributed by atoms with van der Waals surface area (Å²) in [6.07, 6.45) is 2.50. The van der Waals surface area contributed by atoms with Crippen LogP contribution in [-0.4, -0.2) is 35.7 Å². The van der Waals surface area contributed by atoms with E-state index in [9.17, 15) is 4.79 Å². The van der Waals surface area contributed by atoms with E-state index in [1.54, 1.807) is 12.3 Å². The summed E-state index contributed by atoms with van der Waals surface area (Å²) in [5, 5.41) is 6.19. The van der Waals surface area contributed by atoms with E-state index >= 15 is 0 Å². The zero-order valence-electron chi connectivity index (χ0n) is 12.0. The molecular formula is C14H20BrN3O2. The lowest BCUT2D eigenvalue weighted by atomic mass is 9.94. The van der Waals surface area contributed by atoms with Gasteiger partial charge in [-0.15, -0.1) is 0 Å². The Morgan fingerprint density at radius 3 is 3.00 bits per heavy atom. The van der Waals surface area contributed by atoms with E-state index < -0.39 is 0 Å². The largest absolute Gasteiger partial charge is 0.376 e. The number of hydrogen-bond donors (Lipinski definition) is 2. The van der Waals surface area contributed by atoms with Gasteiger partial charge in [0.25, 0.3) is 5.91 Å². The maximum Gasteiger partial charge on any atom is 0.255 e. The predicted molar refractivity (Wildman–Crippen MR) is 82.0 cm³/mol. The van der Waals surface area contributed by atoms with Crippen LogP contribution < -0.4 is 10.6 Å². The highest BCUT2D eigenvalue weighted by molar-refractivity contribution is 9.10. The third-order valence-corrected chi connectivity index (χ3v) is 4.16. The molecule has 0 aliphatic carbocycles. The molecule has 0 aromatic carbocycles. The molecule has 1 aromatic rings. The number of carbonyl (C=O) groups excluding carboxylic acids is 1. The number of carbonyl (C=O) groups is 1. The van der Waals surface area contributed by atoms with Crippen LogP contribution in [0.5, 0.6) is 0 Å². The quantitative estimate of drug-likeness (QED) is 0.883. The van der Waals surface area contributed by atoms with E-state index in [1.807, 2.05) is 20.8 Å². The van der Waals surface area contributed by atoms with Crippen molar-refractivity contribution in [3.8, 4) is 0 Å². The minimum Gasteiger partial charge on any atom is -0.376 e. The number of amides is 1. The zero-order chi connectivity index (χ0) is 14.8. The smallest absolute Gasteiger partial charge is 0.255 e. The van der Waals surface area contributed by atoms with Crippen molar-refractivity contribution < 1.29 is 9.53 Å². The van der Waals surface area contributed by atoms with Crippen molar-refractivity contribution in [2.75, 3.05) is 18.5 Å². The SMILES string of the molecule is CCNc1ncc(Br)cc1C(=O)NC1(C)CCOC1C. The van der Waals surface area contributed by atoms with Crippen LogP contribution in [0.15, 0.2) is 16.7 Å². The molecule has 1 aliphatic heterocycles. The molecule has 2 atom stereocenters. The van der Waals surface area contributed by atoms with Gasteiger partial charge in [-0.3, -0.25) is 4.79 Å². The van der Waals surface area contributed by atoms with Crippen molar-refractivity contribution in [1.82, 2.24) is 10.3 Å². The fourth-order valence-corrected chi connectivity index (χ4v) is 2.58. The number of rotatable bonds is 4. The van der Waals surface area contributed by atoms with Crippen LogP contribution in [0.3, 0.4) is 0 Å². The van der Waals surface area contributed by atoms with Gasteiger partial charge in [0.15, 0.2) is 0 Å². The van der Waals surface area contributed by atoms with Gasteiger partial charge >= 0.3 is 0 Å². The Bertz CT molecular complexity index is 509. The van der Waals surface area contributed by atoms with Crippen molar-refractivity contribution in [1.29, 1.82) is 0 Å². The first-order valence-corrected chi connectivity index (χ1v) is 7.59. The van der Waals surface area contributed by atoms with Crippen LogP contribution in [-0.2, 0) is 4.74 Å². The second-order valence-corrected chi connectivity index (χ2v) is 6.13. The molecule has 1 aliphatic rings. The lowest BCUT2D eigenvalue weighted by molar-refractivity contribution is 0.0727. The lowest BCUT2D eigenvalue weighted by Gasteiger charge is -2.29. The van der Waals surface area contributed by atoms with Crippen molar-refractivity contribution in [3.63, 3.8) is 0 Å². The van der Waals surface area contributed by atoms with Crippen molar-refractivity contribution in [2.45, 2.75) is 38.8 Å². The summed E-state index contributed by atoms with van der Waals surface area (Å²) in [6, 6.07) is 1.78. The molecule has 0 spiro atoms. The van der Waals surface area contributed by atoms with E-state index in [-0.39, 0.29) is 17.6 Å². The topological polar surface area (TPSA) is 63.2 Å². The molecule has 0 saturated carbocycles. The summed E-state index contributed by atoms with van der Waals surface area (Å²) < 4.78 is 6.33. The minimum absolute atomic E-state index is 0.00847. The van der Waals surface area contributed by atoms with Gasteiger partial charge < -0.3 is 15.4 Å². The normalized spacial score (nSPS) is 25.5. The van der Waals surface area contributed by atoms with E-state index in [2.05, 4.69) is 31.5 Å². The number of pyridine rings is 1. The lowest BCUT2D eigenvalue weighted by Crippen LogP contribution is -2.50. The third kappa shape index (κ3) is 3.12. The maximum atomic E-state index is 12.5. The van der Waals surface area contributed by atoms with Crippen molar-refractivity contribution >= 4 is 27.7 Å². The number of anilines is 1. The van der Waals surface area contributed by atoms with Crippen molar-refractivity contribution in [3.05, 3.63) is 22.3 Å². The van der Waals surface area contributed by atoms with Crippen LogP contribution in [0, 0.1) is 0 Å². The monoisotopic (exact) mass is 341 g/mol. The Morgan fingerprint density at radius 2 is 2.40 bits per heavy atom. The molecule has 0 bridgehead atoms. The summed E-state index contributed by atoms with van der Waals surface area (Å²) in [6.45, 7) is 7.36. The molecule has 6 heteroatoms. The fourth-order valence-electron chi connectivity index (χ4n) is 2.25. The van der Waals surface area contributed by atoms with E-state index in [1.165, 1.54) is 0 Å². The van der Waals surface area contributed by atoms with Crippen LogP contribution in [0.2, 0.25) is 0 Å². The number of aromatic nitrogens is 1. The second kappa shape index (κ2) is 6.10. The van der Waals surface area contributed by atoms with Crippen LogP contribution in [0.25, 0.3) is 0 Å². The summed E-state index contributed by atoms with van der Waals surface area (Å²) in [5.41, 5.74) is 0.213. The van der Waals surface area contributed by atoms with Gasteiger partial charge in [0.05, 0.1) is 17.2 Å². The standard InChI is InChI=1S/C14H20BrN3O2/c1-4-16-12-11(7-10(15)8-17-12)13(19)18-14(3)5-6-20-9(14)2/h7-9H,4-6H2,1-3H3,(H,16,17)(H,18,19). The van der Waals surface area contributed by atoms with Gasteiger partial charge in [-0.25, -0.2) is 4.98 Å². The van der Waals surface area contributed by atoms with Gasteiger partial charge in [-0.05, 0) is 49.2 Å². The van der Waals surface area contributed by atoms with Gasteiger partial charge in [-0.2, -0.15) is 0 Å². The van der Waals surface area contributed by atoms with Gasteiger partial charge in [0, 0.05) is 23.8 Å². The average Bonchev–Trinajstić information content (AvgIpc) is 2.71. The summed E-state index contributed by atoms with van der Waals surface area (Å²) in [7, 11) is 0. The Balaban J connectivity index is 2.22. The fraction of sp³-hybridized carbons (Fsp3) is 0.571. The summed E-state index contributed by atoms with van der Waals surface area (Å²) >= 11 is 3.36. The Kier molecular flexibility index (Phi) is 4.65. The predicted octanol–water partition coefficient (Wildman–Crippen LogP) is 2.57. The van der Waals surface area contributed by atoms with Gasteiger partial charge in [-0.1, -0.05) is 0 Å². The van der Waals surface area contributed by atoms with E-state index in [4.69, 9.17) is 4.74 Å². The van der Waals surface area contributed by atoms with Gasteiger partial charge in [0.1, 0.15) is 5.82 Å². The number of ether oxygens (including phenoxy) is 1. The highest BCUT2D eigenvalue weighted by Crippen LogP contribution is 2.26. The van der Waals surface area contributed by atoms with Crippen molar-refractivity contribution in [2.24, 2.45) is 0 Å². The van der Waals surface area contributed by atoms with Crippen LogP contribution in [0.1, 0.15) is 37.6 Å². The van der Waals surface area contributed by atoms with Gasteiger partial charge in [0.2, 0.25) is 0 Å². The number of nitrogens with one attached hydrogen (secondary N) is 2. The molecule has 5 nitrogen and oxygen atoms in total. The number of nitrogens with zero attached hydrogens (tertiary/aromatic N) is 1. The minimum atomic E-state index is -0.330. The molecular weight excluding hydrogens is 322 g/mol. The molecule has 2 unspecified atom stereocenters. The average molecular weight is 342 g/mol. The molecule has 1 fully saturated rings. The summed E-state index contributed by atoms with van der Waals surface area (Å²) in [4.78, 5) is 16.8. The Hall–Kier alpha value is -1.14. The number of halogens is 1. The molecule has 2 rings (SSSR count). The molecule has 110 valence electrons. The summed E-state index contributed by atoms with van der Waals surface area (Å²) in [5.74, 6) is 0.470. The molecule has 1 saturated heterocycles. The van der Waals surface area contributed by atoms with Crippen LogP contribution >= 0.6 is 15.9 Å². The molecule has 1 aromatic heterocycles. The Morgan fingerprint density at radius 1 is 1.65 bits per heavy atom. The van der Waals surface area contributed by atoms with Crippen LogP contribution in [0.4, 0.5) is 5.82 Å². The zero-order valence-corrected chi connectivity index (χ0v) is 13.6.